The number of nitrogens with zero attached hydrogens (tertiary/aromatic N) is 2. The van der Waals surface area contributed by atoms with Gasteiger partial charge in [-0.3, -0.25) is 0 Å². The molecule has 1 heterocycles. The molecule has 102 valence electrons. The van der Waals surface area contributed by atoms with Gasteiger partial charge in [0.15, 0.2) is 0 Å². The summed E-state index contributed by atoms with van der Waals surface area (Å²) in [7, 11) is 3.54. The van der Waals surface area contributed by atoms with E-state index in [1.165, 1.54) is 0 Å². The number of methoxy groups -OCH3 is 1. The van der Waals surface area contributed by atoms with E-state index in [1.807, 2.05) is 31.3 Å². The number of fused-ring (bicyclic) bond motifs is 1. The minimum atomic E-state index is 0.428. The molecule has 0 aliphatic carbocycles. The topological polar surface area (TPSA) is 59.1 Å². The van der Waals surface area contributed by atoms with Crippen molar-refractivity contribution in [1.82, 2.24) is 9.97 Å². The normalized spacial score (nSPS) is 12.4. The molecule has 2 N–H and O–H groups in total. The molecule has 0 aliphatic rings. The highest BCUT2D eigenvalue weighted by Crippen LogP contribution is 2.21. The van der Waals surface area contributed by atoms with E-state index >= 15 is 0 Å². The van der Waals surface area contributed by atoms with Gasteiger partial charge >= 0.3 is 0 Å². The molecular formula is C14H20N4O. The van der Waals surface area contributed by atoms with E-state index < -0.39 is 0 Å². The van der Waals surface area contributed by atoms with Crippen molar-refractivity contribution < 1.29 is 4.74 Å². The number of nitrogens with one attached hydrogen (secondary N) is 2. The van der Waals surface area contributed by atoms with Crippen LogP contribution in [0.15, 0.2) is 24.3 Å². The minimum Gasteiger partial charge on any atom is -0.384 e. The van der Waals surface area contributed by atoms with Crippen molar-refractivity contribution in [2.24, 2.45) is 5.92 Å². The number of hydrogen-bond donors (Lipinski definition) is 2. The number of hydrogen-bond acceptors (Lipinski definition) is 5. The number of para-hydroxylation sites is 1. The van der Waals surface area contributed by atoms with Crippen molar-refractivity contribution in [1.29, 1.82) is 0 Å². The lowest BCUT2D eigenvalue weighted by atomic mass is 10.2. The molecule has 1 unspecified atom stereocenters. The van der Waals surface area contributed by atoms with Gasteiger partial charge in [0.05, 0.1) is 12.1 Å². The van der Waals surface area contributed by atoms with Gasteiger partial charge in [0.1, 0.15) is 5.82 Å². The van der Waals surface area contributed by atoms with Crippen LogP contribution >= 0.6 is 0 Å². The van der Waals surface area contributed by atoms with Gasteiger partial charge in [0.2, 0.25) is 5.95 Å². The minimum absolute atomic E-state index is 0.428. The molecule has 0 aliphatic heterocycles. The predicted octanol–water partition coefficient (Wildman–Crippen LogP) is 2.37. The molecule has 0 saturated heterocycles. The largest absolute Gasteiger partial charge is 0.384 e. The number of aromatic nitrogens is 2. The van der Waals surface area contributed by atoms with E-state index in [0.29, 0.717) is 11.9 Å². The van der Waals surface area contributed by atoms with Crippen LogP contribution in [0.1, 0.15) is 6.92 Å². The summed E-state index contributed by atoms with van der Waals surface area (Å²) in [5.41, 5.74) is 0.934. The van der Waals surface area contributed by atoms with E-state index in [4.69, 9.17) is 4.74 Å². The summed E-state index contributed by atoms with van der Waals surface area (Å²) in [4.78, 5) is 8.91. The Bertz CT molecular complexity index is 544. The Balaban J connectivity index is 2.25. The van der Waals surface area contributed by atoms with Crippen LogP contribution < -0.4 is 10.6 Å². The Hall–Kier alpha value is -1.88. The molecule has 19 heavy (non-hydrogen) atoms. The maximum absolute atomic E-state index is 5.14. The van der Waals surface area contributed by atoms with Gasteiger partial charge in [-0.2, -0.15) is 4.98 Å². The summed E-state index contributed by atoms with van der Waals surface area (Å²) in [5, 5.41) is 7.39. The number of ether oxygens (including phenoxy) is 1. The van der Waals surface area contributed by atoms with Crippen molar-refractivity contribution in [2.45, 2.75) is 6.92 Å². The monoisotopic (exact) mass is 260 g/mol. The molecule has 5 nitrogen and oxygen atoms in total. The van der Waals surface area contributed by atoms with Crippen LogP contribution in [0.3, 0.4) is 0 Å². The van der Waals surface area contributed by atoms with Crippen molar-refractivity contribution in [3.05, 3.63) is 24.3 Å². The van der Waals surface area contributed by atoms with Gasteiger partial charge in [-0.15, -0.1) is 0 Å². The predicted molar refractivity (Wildman–Crippen MR) is 78.6 cm³/mol. The SMILES string of the molecule is CNc1nc(NCC(C)COC)c2ccccc2n1. The van der Waals surface area contributed by atoms with E-state index in [9.17, 15) is 0 Å². The standard InChI is InChI=1S/C14H20N4O/c1-10(9-19-3)8-16-13-11-6-4-5-7-12(11)17-14(15-2)18-13/h4-7,10H,8-9H2,1-3H3,(H2,15,16,17,18). The Morgan fingerprint density at radius 2 is 2.05 bits per heavy atom. The van der Waals surface area contributed by atoms with Crippen molar-refractivity contribution in [3.63, 3.8) is 0 Å². The van der Waals surface area contributed by atoms with E-state index in [1.54, 1.807) is 7.11 Å². The molecule has 0 saturated carbocycles. The molecule has 1 aromatic heterocycles. The highest BCUT2D eigenvalue weighted by atomic mass is 16.5. The molecule has 5 heteroatoms. The Morgan fingerprint density at radius 1 is 1.26 bits per heavy atom. The average molecular weight is 260 g/mol. The Labute approximate surface area is 113 Å². The third-order valence-corrected chi connectivity index (χ3v) is 2.90. The molecule has 0 spiro atoms. The Morgan fingerprint density at radius 3 is 2.79 bits per heavy atom. The van der Waals surface area contributed by atoms with Crippen molar-refractivity contribution >= 4 is 22.7 Å². The number of rotatable bonds is 6. The molecule has 1 aromatic carbocycles. The summed E-state index contributed by atoms with van der Waals surface area (Å²) >= 11 is 0. The maximum Gasteiger partial charge on any atom is 0.224 e. The summed E-state index contributed by atoms with van der Waals surface area (Å²) in [5.74, 6) is 1.91. The van der Waals surface area contributed by atoms with E-state index in [2.05, 4.69) is 27.5 Å². The average Bonchev–Trinajstić information content (AvgIpc) is 2.44. The fourth-order valence-electron chi connectivity index (χ4n) is 1.94. The van der Waals surface area contributed by atoms with Gasteiger partial charge in [-0.25, -0.2) is 4.98 Å². The fourth-order valence-corrected chi connectivity index (χ4v) is 1.94. The van der Waals surface area contributed by atoms with Gasteiger partial charge in [0, 0.05) is 26.1 Å². The second kappa shape index (κ2) is 6.33. The van der Waals surface area contributed by atoms with Crippen molar-refractivity contribution in [3.8, 4) is 0 Å². The van der Waals surface area contributed by atoms with Crippen LogP contribution in [-0.4, -0.2) is 37.3 Å². The second-order valence-electron chi connectivity index (χ2n) is 4.60. The summed E-state index contributed by atoms with van der Waals surface area (Å²) in [6.45, 7) is 3.69. The van der Waals surface area contributed by atoms with Crippen LogP contribution in [0, 0.1) is 5.92 Å². The smallest absolute Gasteiger partial charge is 0.224 e. The molecule has 2 aromatic rings. The highest BCUT2D eigenvalue weighted by Gasteiger charge is 2.08. The zero-order chi connectivity index (χ0) is 13.7. The van der Waals surface area contributed by atoms with Gasteiger partial charge in [0.25, 0.3) is 0 Å². The fraction of sp³-hybridized carbons (Fsp3) is 0.429. The van der Waals surface area contributed by atoms with E-state index in [0.717, 1.165) is 29.9 Å². The molecular weight excluding hydrogens is 240 g/mol. The molecule has 0 amide bonds. The first-order valence-electron chi connectivity index (χ1n) is 6.42. The first kappa shape index (κ1) is 13.5. The number of benzene rings is 1. The van der Waals surface area contributed by atoms with Crippen molar-refractivity contribution in [2.75, 3.05) is 37.9 Å². The van der Waals surface area contributed by atoms with Gasteiger partial charge < -0.3 is 15.4 Å². The van der Waals surface area contributed by atoms with Gasteiger partial charge in [-0.05, 0) is 18.1 Å². The zero-order valence-corrected chi connectivity index (χ0v) is 11.6. The summed E-state index contributed by atoms with van der Waals surface area (Å²) < 4.78 is 5.14. The lowest BCUT2D eigenvalue weighted by Crippen LogP contribution is -2.17. The van der Waals surface area contributed by atoms with Crippen LogP contribution in [0.2, 0.25) is 0 Å². The molecule has 0 fully saturated rings. The first-order chi connectivity index (χ1) is 9.24. The van der Waals surface area contributed by atoms with Gasteiger partial charge in [-0.1, -0.05) is 19.1 Å². The lowest BCUT2D eigenvalue weighted by molar-refractivity contribution is 0.164. The summed E-state index contributed by atoms with van der Waals surface area (Å²) in [6.07, 6.45) is 0. The first-order valence-corrected chi connectivity index (χ1v) is 6.42. The second-order valence-corrected chi connectivity index (χ2v) is 4.60. The third kappa shape index (κ3) is 3.32. The quantitative estimate of drug-likeness (QED) is 0.835. The van der Waals surface area contributed by atoms with Crippen LogP contribution in [0.5, 0.6) is 0 Å². The summed E-state index contributed by atoms with van der Waals surface area (Å²) in [6, 6.07) is 7.99. The third-order valence-electron chi connectivity index (χ3n) is 2.90. The van der Waals surface area contributed by atoms with E-state index in [-0.39, 0.29) is 0 Å². The zero-order valence-electron chi connectivity index (χ0n) is 11.6. The van der Waals surface area contributed by atoms with Crippen LogP contribution in [0.25, 0.3) is 10.9 Å². The number of anilines is 2. The molecule has 1 atom stereocenters. The van der Waals surface area contributed by atoms with Crippen LogP contribution in [0.4, 0.5) is 11.8 Å². The highest BCUT2D eigenvalue weighted by molar-refractivity contribution is 5.89. The molecule has 2 rings (SSSR count). The molecule has 0 radical (unpaired) electrons. The molecule has 0 bridgehead atoms. The maximum atomic E-state index is 5.14. The lowest BCUT2D eigenvalue weighted by Gasteiger charge is -2.14. The van der Waals surface area contributed by atoms with Crippen LogP contribution in [-0.2, 0) is 4.74 Å². The Kier molecular flexibility index (Phi) is 4.52.